The molecule has 156 valence electrons. The maximum absolute atomic E-state index is 13.2. The Labute approximate surface area is 177 Å². The minimum atomic E-state index is -3.09. The van der Waals surface area contributed by atoms with Gasteiger partial charge in [-0.3, -0.25) is 4.79 Å². The third-order valence-electron chi connectivity index (χ3n) is 5.71. The smallest absolute Gasteiger partial charge is 0.241 e. The number of carbonyl (C=O) groups excluding carboxylic acids is 1. The molecule has 1 saturated heterocycles. The summed E-state index contributed by atoms with van der Waals surface area (Å²) < 4.78 is 24.0. The van der Waals surface area contributed by atoms with Crippen molar-refractivity contribution in [2.45, 2.75) is 25.4 Å². The van der Waals surface area contributed by atoms with Gasteiger partial charge in [-0.1, -0.05) is 54.6 Å². The molecule has 2 atom stereocenters. The third-order valence-corrected chi connectivity index (χ3v) is 7.46. The number of benzene rings is 3. The molecule has 4 rings (SSSR count). The van der Waals surface area contributed by atoms with Gasteiger partial charge in [-0.2, -0.15) is 0 Å². The van der Waals surface area contributed by atoms with Crippen molar-refractivity contribution < 1.29 is 13.2 Å². The fraction of sp³-hybridized carbons (Fsp3) is 0.292. The number of fused-ring (bicyclic) bond motifs is 1. The summed E-state index contributed by atoms with van der Waals surface area (Å²) in [7, 11) is -3.09. The summed E-state index contributed by atoms with van der Waals surface area (Å²) in [5.74, 6) is 0.0409. The van der Waals surface area contributed by atoms with Gasteiger partial charge in [-0.25, -0.2) is 8.42 Å². The number of hydrogen-bond acceptors (Lipinski definition) is 4. The molecule has 0 radical (unpaired) electrons. The van der Waals surface area contributed by atoms with Crippen LogP contribution in [0.4, 0.5) is 5.69 Å². The van der Waals surface area contributed by atoms with Crippen LogP contribution in [-0.2, 0) is 14.6 Å². The summed E-state index contributed by atoms with van der Waals surface area (Å²) in [4.78, 5) is 14.8. The van der Waals surface area contributed by atoms with E-state index >= 15 is 0 Å². The van der Waals surface area contributed by atoms with E-state index in [9.17, 15) is 13.2 Å². The zero-order chi connectivity index (χ0) is 21.1. The Morgan fingerprint density at radius 1 is 1.03 bits per heavy atom. The number of carbonyl (C=O) groups is 1. The molecule has 3 aromatic carbocycles. The number of anilines is 1. The third kappa shape index (κ3) is 4.55. The first-order valence-electron chi connectivity index (χ1n) is 10.2. The van der Waals surface area contributed by atoms with Crippen LogP contribution in [0.3, 0.4) is 0 Å². The fourth-order valence-corrected chi connectivity index (χ4v) is 5.75. The predicted molar refractivity (Wildman–Crippen MR) is 121 cm³/mol. The van der Waals surface area contributed by atoms with Crippen LogP contribution in [-0.4, -0.2) is 38.4 Å². The van der Waals surface area contributed by atoms with E-state index in [0.717, 1.165) is 16.6 Å². The van der Waals surface area contributed by atoms with E-state index in [-0.39, 0.29) is 36.0 Å². The summed E-state index contributed by atoms with van der Waals surface area (Å²) in [6, 6.07) is 23.5. The molecule has 30 heavy (non-hydrogen) atoms. The van der Waals surface area contributed by atoms with Crippen LogP contribution in [0.5, 0.6) is 0 Å². The zero-order valence-electron chi connectivity index (χ0n) is 17.0. The van der Waals surface area contributed by atoms with E-state index in [1.54, 1.807) is 4.90 Å². The van der Waals surface area contributed by atoms with Gasteiger partial charge in [0.05, 0.1) is 24.1 Å². The van der Waals surface area contributed by atoms with Gasteiger partial charge in [0.25, 0.3) is 0 Å². The lowest BCUT2D eigenvalue weighted by Crippen LogP contribution is -2.46. The molecule has 1 aliphatic heterocycles. The van der Waals surface area contributed by atoms with Gasteiger partial charge in [0.1, 0.15) is 0 Å². The second kappa shape index (κ2) is 8.58. The van der Waals surface area contributed by atoms with Gasteiger partial charge < -0.3 is 10.2 Å². The maximum Gasteiger partial charge on any atom is 0.241 e. The van der Waals surface area contributed by atoms with E-state index in [1.807, 2.05) is 49.4 Å². The molecule has 0 aromatic heterocycles. The highest BCUT2D eigenvalue weighted by atomic mass is 32.2. The van der Waals surface area contributed by atoms with Crippen LogP contribution in [0.15, 0.2) is 72.8 Å². The molecule has 1 heterocycles. The van der Waals surface area contributed by atoms with Gasteiger partial charge in [-0.05, 0) is 47.9 Å². The van der Waals surface area contributed by atoms with Crippen molar-refractivity contribution in [3.63, 3.8) is 0 Å². The van der Waals surface area contributed by atoms with Crippen LogP contribution in [0.1, 0.15) is 24.9 Å². The second-order valence-electron chi connectivity index (χ2n) is 7.87. The number of amides is 1. The minimum Gasteiger partial charge on any atom is -0.307 e. The molecular weight excluding hydrogens is 396 g/mol. The summed E-state index contributed by atoms with van der Waals surface area (Å²) in [5, 5.41) is 5.66. The Hall–Kier alpha value is -2.70. The van der Waals surface area contributed by atoms with E-state index in [0.29, 0.717) is 6.42 Å². The van der Waals surface area contributed by atoms with E-state index in [4.69, 9.17) is 0 Å². The van der Waals surface area contributed by atoms with Gasteiger partial charge in [0.15, 0.2) is 9.84 Å². The molecule has 0 aliphatic carbocycles. The quantitative estimate of drug-likeness (QED) is 0.658. The van der Waals surface area contributed by atoms with Crippen LogP contribution in [0, 0.1) is 0 Å². The lowest BCUT2D eigenvalue weighted by molar-refractivity contribution is -0.118. The standard InChI is InChI=1S/C24H26N2O3S/c1-18(20-12-11-19-7-5-6-8-21(19)15-20)25-16-24(27)26(22-9-3-2-4-10-22)23-13-14-30(28,29)17-23/h2-12,15,18,23,25H,13-14,16-17H2,1H3/t18-,23+/m0/s1. The number of para-hydroxylation sites is 1. The molecule has 3 aromatic rings. The molecule has 0 saturated carbocycles. The number of rotatable bonds is 6. The van der Waals surface area contributed by atoms with Crippen molar-refractivity contribution in [3.05, 3.63) is 78.4 Å². The first-order chi connectivity index (χ1) is 14.4. The Balaban J connectivity index is 1.49. The van der Waals surface area contributed by atoms with Crippen LogP contribution < -0.4 is 10.2 Å². The molecule has 0 bridgehead atoms. The normalized spacial score (nSPS) is 18.9. The molecule has 0 unspecified atom stereocenters. The van der Waals surface area contributed by atoms with Crippen molar-refractivity contribution in [1.29, 1.82) is 0 Å². The zero-order valence-corrected chi connectivity index (χ0v) is 17.8. The first-order valence-corrected chi connectivity index (χ1v) is 12.0. The first kappa shape index (κ1) is 20.6. The summed E-state index contributed by atoms with van der Waals surface area (Å²) in [6.07, 6.45) is 0.475. The molecular formula is C24H26N2O3S. The lowest BCUT2D eigenvalue weighted by atomic mass is 10.0. The average molecular weight is 423 g/mol. The Morgan fingerprint density at radius 3 is 2.43 bits per heavy atom. The number of nitrogens with zero attached hydrogens (tertiary/aromatic N) is 1. The highest BCUT2D eigenvalue weighted by molar-refractivity contribution is 7.91. The van der Waals surface area contributed by atoms with Crippen molar-refractivity contribution in [2.24, 2.45) is 0 Å². The number of hydrogen-bond donors (Lipinski definition) is 1. The SMILES string of the molecule is C[C@H](NCC(=O)N(c1ccccc1)[C@@H]1CCS(=O)(=O)C1)c1ccc2ccccc2c1. The van der Waals surface area contributed by atoms with Crippen LogP contribution in [0.2, 0.25) is 0 Å². The van der Waals surface area contributed by atoms with Gasteiger partial charge in [-0.15, -0.1) is 0 Å². The van der Waals surface area contributed by atoms with Gasteiger partial charge in [0, 0.05) is 11.7 Å². The average Bonchev–Trinajstić information content (AvgIpc) is 3.11. The molecule has 1 amide bonds. The van der Waals surface area contributed by atoms with E-state index in [2.05, 4.69) is 35.6 Å². The highest BCUT2D eigenvalue weighted by Gasteiger charge is 2.35. The highest BCUT2D eigenvalue weighted by Crippen LogP contribution is 2.25. The monoisotopic (exact) mass is 422 g/mol. The van der Waals surface area contributed by atoms with E-state index < -0.39 is 9.84 Å². The number of sulfone groups is 1. The van der Waals surface area contributed by atoms with Crippen LogP contribution in [0.25, 0.3) is 10.8 Å². The fourth-order valence-electron chi connectivity index (χ4n) is 4.05. The van der Waals surface area contributed by atoms with E-state index in [1.165, 1.54) is 5.39 Å². The summed E-state index contributed by atoms with van der Waals surface area (Å²) in [6.45, 7) is 2.17. The Bertz CT molecular complexity index is 1150. The molecule has 6 heteroatoms. The number of nitrogens with one attached hydrogen (secondary N) is 1. The van der Waals surface area contributed by atoms with Crippen molar-refractivity contribution in [2.75, 3.05) is 23.0 Å². The van der Waals surface area contributed by atoms with Crippen molar-refractivity contribution in [3.8, 4) is 0 Å². The Morgan fingerprint density at radius 2 is 1.73 bits per heavy atom. The topological polar surface area (TPSA) is 66.5 Å². The molecule has 1 N–H and O–H groups in total. The summed E-state index contributed by atoms with van der Waals surface area (Å²) >= 11 is 0. The minimum absolute atomic E-state index is 0.0107. The molecule has 0 spiro atoms. The molecule has 1 aliphatic rings. The Kier molecular flexibility index (Phi) is 5.88. The molecule has 1 fully saturated rings. The second-order valence-corrected chi connectivity index (χ2v) is 10.1. The molecule has 5 nitrogen and oxygen atoms in total. The van der Waals surface area contributed by atoms with Crippen LogP contribution >= 0.6 is 0 Å². The summed E-state index contributed by atoms with van der Waals surface area (Å²) in [5.41, 5.74) is 1.85. The predicted octanol–water partition coefficient (Wildman–Crippen LogP) is 3.71. The largest absolute Gasteiger partial charge is 0.307 e. The van der Waals surface area contributed by atoms with Crippen molar-refractivity contribution in [1.82, 2.24) is 5.32 Å². The van der Waals surface area contributed by atoms with Gasteiger partial charge in [0.2, 0.25) is 5.91 Å². The maximum atomic E-state index is 13.2. The van der Waals surface area contributed by atoms with Crippen molar-refractivity contribution >= 4 is 32.2 Å². The van der Waals surface area contributed by atoms with Gasteiger partial charge >= 0.3 is 0 Å². The lowest BCUT2D eigenvalue weighted by Gasteiger charge is -2.29.